The third kappa shape index (κ3) is 2.92. The zero-order valence-electron chi connectivity index (χ0n) is 16.0. The normalized spacial score (nSPS) is 15.2. The van der Waals surface area contributed by atoms with E-state index in [-0.39, 0.29) is 17.3 Å². The predicted octanol–water partition coefficient (Wildman–Crippen LogP) is 3.84. The van der Waals surface area contributed by atoms with Gasteiger partial charge in [0.1, 0.15) is 11.5 Å². The molecule has 1 amide bonds. The van der Waals surface area contributed by atoms with Crippen LogP contribution in [-0.2, 0) is 0 Å². The van der Waals surface area contributed by atoms with Gasteiger partial charge >= 0.3 is 6.09 Å². The lowest BCUT2D eigenvalue weighted by atomic mass is 9.93. The maximum atomic E-state index is 14.9. The van der Waals surface area contributed by atoms with Gasteiger partial charge in [0.2, 0.25) is 0 Å². The molecule has 2 aromatic carbocycles. The number of hydrogen-bond donors (Lipinski definition) is 2. The summed E-state index contributed by atoms with van der Waals surface area (Å²) in [6.07, 6.45) is 0.263. The lowest BCUT2D eigenvalue weighted by molar-refractivity contribution is 0.131. The molecule has 3 heterocycles. The van der Waals surface area contributed by atoms with E-state index in [1.165, 1.54) is 17.0 Å². The SMILES string of the molecule is O=C(O)N1CCC(c2cc(=O)[nH]c3c4c(-c5ccccc5)c(F)ccc4nn23)CC1. The van der Waals surface area contributed by atoms with Crippen molar-refractivity contribution in [1.29, 1.82) is 0 Å². The van der Waals surface area contributed by atoms with Crippen LogP contribution >= 0.6 is 0 Å². The molecule has 2 aromatic heterocycles. The number of aromatic nitrogens is 3. The minimum absolute atomic E-state index is 0.00951. The average Bonchev–Trinajstić information content (AvgIpc) is 3.12. The lowest BCUT2D eigenvalue weighted by Crippen LogP contribution is -2.37. The van der Waals surface area contributed by atoms with E-state index >= 15 is 0 Å². The number of aromatic amines is 1. The number of carbonyl (C=O) groups is 1. The van der Waals surface area contributed by atoms with Crippen molar-refractivity contribution in [1.82, 2.24) is 19.5 Å². The summed E-state index contributed by atoms with van der Waals surface area (Å²) >= 11 is 0. The second-order valence-electron chi connectivity index (χ2n) is 7.55. The fourth-order valence-corrected chi connectivity index (χ4v) is 4.35. The molecule has 5 rings (SSSR count). The highest BCUT2D eigenvalue weighted by Crippen LogP contribution is 2.35. The van der Waals surface area contributed by atoms with Crippen molar-refractivity contribution in [3.8, 4) is 11.1 Å². The van der Waals surface area contributed by atoms with Crippen LogP contribution in [0.5, 0.6) is 0 Å². The molecular weight excluding hydrogens is 387 g/mol. The van der Waals surface area contributed by atoms with Gasteiger partial charge in [-0.2, -0.15) is 5.10 Å². The van der Waals surface area contributed by atoms with E-state index in [4.69, 9.17) is 0 Å². The largest absolute Gasteiger partial charge is 0.465 e. The number of amides is 1. The maximum Gasteiger partial charge on any atom is 0.407 e. The molecule has 0 bridgehead atoms. The molecule has 1 fully saturated rings. The van der Waals surface area contributed by atoms with E-state index in [9.17, 15) is 19.1 Å². The molecule has 1 aliphatic rings. The second-order valence-corrected chi connectivity index (χ2v) is 7.55. The Morgan fingerprint density at radius 3 is 2.57 bits per heavy atom. The van der Waals surface area contributed by atoms with Crippen LogP contribution in [0.25, 0.3) is 27.7 Å². The van der Waals surface area contributed by atoms with Gasteiger partial charge in [0.05, 0.1) is 16.6 Å². The van der Waals surface area contributed by atoms with Gasteiger partial charge in [-0.1, -0.05) is 30.3 Å². The zero-order chi connectivity index (χ0) is 20.8. The van der Waals surface area contributed by atoms with Gasteiger partial charge in [-0.3, -0.25) is 4.79 Å². The number of nitrogens with zero attached hydrogens (tertiary/aromatic N) is 3. The van der Waals surface area contributed by atoms with Gasteiger partial charge in [0.15, 0.2) is 0 Å². The Kier molecular flexibility index (Phi) is 4.27. The molecule has 0 saturated carbocycles. The molecular formula is C22H19FN4O3. The monoisotopic (exact) mass is 406 g/mol. The molecule has 30 heavy (non-hydrogen) atoms. The van der Waals surface area contributed by atoms with Crippen molar-refractivity contribution in [3.05, 3.63) is 70.4 Å². The Morgan fingerprint density at radius 1 is 1.13 bits per heavy atom. The third-order valence-corrected chi connectivity index (χ3v) is 5.80. The van der Waals surface area contributed by atoms with Crippen LogP contribution in [0.2, 0.25) is 0 Å². The standard InChI is InChI=1S/C22H19FN4O3/c23-15-6-7-16-20(19(15)14-4-2-1-3-5-14)21-24-18(28)12-17(27(21)25-16)13-8-10-26(11-9-13)22(29)30/h1-7,12-13H,8-11H2,(H,24,28)(H,29,30). The van der Waals surface area contributed by atoms with Crippen LogP contribution in [0.1, 0.15) is 24.5 Å². The number of halogens is 1. The van der Waals surface area contributed by atoms with E-state index in [0.29, 0.717) is 53.6 Å². The predicted molar refractivity (Wildman–Crippen MR) is 110 cm³/mol. The summed E-state index contributed by atoms with van der Waals surface area (Å²) in [4.78, 5) is 27.9. The van der Waals surface area contributed by atoms with E-state index in [2.05, 4.69) is 10.1 Å². The molecule has 8 heteroatoms. The summed E-state index contributed by atoms with van der Waals surface area (Å²) in [5.74, 6) is -0.394. The number of likely N-dealkylation sites (tertiary alicyclic amines) is 1. The summed E-state index contributed by atoms with van der Waals surface area (Å²) in [6.45, 7) is 0.804. The number of nitrogens with one attached hydrogen (secondary N) is 1. The van der Waals surface area contributed by atoms with Gasteiger partial charge in [-0.15, -0.1) is 0 Å². The van der Waals surface area contributed by atoms with Crippen molar-refractivity contribution >= 4 is 22.6 Å². The molecule has 152 valence electrons. The average molecular weight is 406 g/mol. The van der Waals surface area contributed by atoms with E-state index in [1.807, 2.05) is 30.3 Å². The first kappa shape index (κ1) is 18.4. The summed E-state index contributed by atoms with van der Waals surface area (Å²) in [7, 11) is 0. The highest BCUT2D eigenvalue weighted by atomic mass is 19.1. The smallest absolute Gasteiger partial charge is 0.407 e. The Labute approximate surface area is 170 Å². The highest BCUT2D eigenvalue weighted by Gasteiger charge is 2.27. The highest BCUT2D eigenvalue weighted by molar-refractivity contribution is 6.04. The molecule has 4 aromatic rings. The number of rotatable bonds is 2. The van der Waals surface area contributed by atoms with E-state index < -0.39 is 6.09 Å². The molecule has 0 radical (unpaired) electrons. The number of hydrogen-bond acceptors (Lipinski definition) is 3. The molecule has 1 aliphatic heterocycles. The van der Waals surface area contributed by atoms with Crippen molar-refractivity contribution in [2.75, 3.05) is 13.1 Å². The summed E-state index contributed by atoms with van der Waals surface area (Å²) in [6, 6.07) is 13.7. The van der Waals surface area contributed by atoms with Crippen LogP contribution in [0.15, 0.2) is 53.3 Å². The van der Waals surface area contributed by atoms with E-state index in [0.717, 1.165) is 5.69 Å². The first-order valence-corrected chi connectivity index (χ1v) is 9.80. The van der Waals surface area contributed by atoms with Crippen LogP contribution in [0.3, 0.4) is 0 Å². The van der Waals surface area contributed by atoms with Crippen molar-refractivity contribution in [2.45, 2.75) is 18.8 Å². The van der Waals surface area contributed by atoms with Gasteiger partial charge in [0, 0.05) is 30.6 Å². The van der Waals surface area contributed by atoms with Crippen LogP contribution in [0.4, 0.5) is 9.18 Å². The Hall–Kier alpha value is -3.68. The first-order chi connectivity index (χ1) is 14.5. The van der Waals surface area contributed by atoms with Crippen molar-refractivity contribution < 1.29 is 14.3 Å². The number of piperidine rings is 1. The topological polar surface area (TPSA) is 90.7 Å². The number of benzene rings is 2. The summed E-state index contributed by atoms with van der Waals surface area (Å²) in [5, 5.41) is 14.4. The molecule has 1 saturated heterocycles. The van der Waals surface area contributed by atoms with Crippen molar-refractivity contribution in [3.63, 3.8) is 0 Å². The number of H-pyrrole nitrogens is 1. The quantitative estimate of drug-likeness (QED) is 0.529. The maximum absolute atomic E-state index is 14.9. The van der Waals surface area contributed by atoms with Gasteiger partial charge in [-0.05, 0) is 30.5 Å². The zero-order valence-corrected chi connectivity index (χ0v) is 16.0. The van der Waals surface area contributed by atoms with Crippen molar-refractivity contribution in [2.24, 2.45) is 0 Å². The minimum Gasteiger partial charge on any atom is -0.465 e. The molecule has 0 atom stereocenters. The fourth-order valence-electron chi connectivity index (χ4n) is 4.35. The fraction of sp³-hybridized carbons (Fsp3) is 0.227. The van der Waals surface area contributed by atoms with Gasteiger partial charge in [0.25, 0.3) is 5.56 Å². The molecule has 0 spiro atoms. The minimum atomic E-state index is -0.933. The molecule has 0 aliphatic carbocycles. The molecule has 2 N–H and O–H groups in total. The molecule has 0 unspecified atom stereocenters. The van der Waals surface area contributed by atoms with Crippen LogP contribution in [-0.4, -0.2) is 43.8 Å². The van der Waals surface area contributed by atoms with E-state index in [1.54, 1.807) is 10.6 Å². The van der Waals surface area contributed by atoms with Crippen LogP contribution < -0.4 is 5.56 Å². The Morgan fingerprint density at radius 2 is 1.87 bits per heavy atom. The second kappa shape index (κ2) is 6.98. The summed E-state index contributed by atoms with van der Waals surface area (Å²) in [5.41, 5.74) is 2.57. The Balaban J connectivity index is 1.72. The van der Waals surface area contributed by atoms with Crippen LogP contribution in [0, 0.1) is 5.82 Å². The Bertz CT molecular complexity index is 1320. The lowest BCUT2D eigenvalue weighted by Gasteiger charge is -2.30. The summed E-state index contributed by atoms with van der Waals surface area (Å²) < 4.78 is 16.6. The van der Waals surface area contributed by atoms with Gasteiger partial charge < -0.3 is 15.0 Å². The number of carboxylic acid groups (broad SMARTS) is 1. The first-order valence-electron chi connectivity index (χ1n) is 9.80. The number of fused-ring (bicyclic) bond motifs is 3. The van der Waals surface area contributed by atoms with Gasteiger partial charge in [-0.25, -0.2) is 13.7 Å². The third-order valence-electron chi connectivity index (χ3n) is 5.80. The molecule has 7 nitrogen and oxygen atoms in total.